The third-order valence-corrected chi connectivity index (χ3v) is 2.93. The first kappa shape index (κ1) is 17.7. The standard InChI is InChI=1S/C16H24ClNO3/c1-16(2,3)18-11-12-9-13(19-4)15(14(10-12)20-5)21-8-6-7-17/h6-7,9-10,18H,8,11H2,1-5H3. The van der Waals surface area contributed by atoms with Gasteiger partial charge in [0.05, 0.1) is 14.2 Å². The molecule has 0 aliphatic carbocycles. The molecule has 0 unspecified atom stereocenters. The number of halogens is 1. The Morgan fingerprint density at radius 2 is 1.71 bits per heavy atom. The Hall–Kier alpha value is -1.39. The van der Waals surface area contributed by atoms with Crippen LogP contribution in [-0.4, -0.2) is 26.4 Å². The molecule has 1 N–H and O–H groups in total. The van der Waals surface area contributed by atoms with Gasteiger partial charge in [0.25, 0.3) is 0 Å². The van der Waals surface area contributed by atoms with E-state index >= 15 is 0 Å². The van der Waals surface area contributed by atoms with E-state index < -0.39 is 0 Å². The Bertz CT molecular complexity index is 456. The van der Waals surface area contributed by atoms with Crippen molar-refractivity contribution in [3.05, 3.63) is 29.3 Å². The van der Waals surface area contributed by atoms with E-state index in [1.165, 1.54) is 5.54 Å². The van der Waals surface area contributed by atoms with Gasteiger partial charge in [0.1, 0.15) is 6.61 Å². The van der Waals surface area contributed by atoms with Gasteiger partial charge in [0.15, 0.2) is 11.5 Å². The normalized spacial score (nSPS) is 11.7. The number of methoxy groups -OCH3 is 2. The van der Waals surface area contributed by atoms with Crippen molar-refractivity contribution in [2.24, 2.45) is 0 Å². The van der Waals surface area contributed by atoms with Crippen LogP contribution in [0.15, 0.2) is 23.7 Å². The van der Waals surface area contributed by atoms with Crippen molar-refractivity contribution in [2.75, 3.05) is 20.8 Å². The van der Waals surface area contributed by atoms with Gasteiger partial charge in [-0.05, 0) is 44.5 Å². The Morgan fingerprint density at radius 1 is 1.14 bits per heavy atom. The highest BCUT2D eigenvalue weighted by Crippen LogP contribution is 2.38. The third kappa shape index (κ3) is 5.86. The van der Waals surface area contributed by atoms with Crippen molar-refractivity contribution in [3.8, 4) is 17.2 Å². The first-order chi connectivity index (χ1) is 9.91. The number of nitrogens with one attached hydrogen (secondary N) is 1. The van der Waals surface area contributed by atoms with Gasteiger partial charge in [0, 0.05) is 17.6 Å². The molecule has 0 fully saturated rings. The summed E-state index contributed by atoms with van der Waals surface area (Å²) in [6.07, 6.45) is 1.70. The molecule has 5 heteroatoms. The van der Waals surface area contributed by atoms with Gasteiger partial charge in [-0.2, -0.15) is 0 Å². The molecule has 0 aromatic heterocycles. The zero-order valence-corrected chi connectivity index (χ0v) is 14.1. The van der Waals surface area contributed by atoms with Crippen LogP contribution < -0.4 is 19.5 Å². The molecule has 4 nitrogen and oxygen atoms in total. The maximum absolute atomic E-state index is 5.65. The lowest BCUT2D eigenvalue weighted by atomic mass is 10.1. The summed E-state index contributed by atoms with van der Waals surface area (Å²) in [6.45, 7) is 7.44. The van der Waals surface area contributed by atoms with E-state index in [0.29, 0.717) is 23.9 Å². The summed E-state index contributed by atoms with van der Waals surface area (Å²) in [7, 11) is 3.22. The van der Waals surface area contributed by atoms with E-state index in [4.69, 9.17) is 25.8 Å². The molecule has 0 aliphatic rings. The van der Waals surface area contributed by atoms with E-state index in [9.17, 15) is 0 Å². The SMILES string of the molecule is COc1cc(CNC(C)(C)C)cc(OC)c1OCC=CCl. The van der Waals surface area contributed by atoms with Gasteiger partial charge in [-0.25, -0.2) is 0 Å². The minimum absolute atomic E-state index is 0.0424. The van der Waals surface area contributed by atoms with E-state index in [1.54, 1.807) is 20.3 Å². The average molecular weight is 314 g/mol. The smallest absolute Gasteiger partial charge is 0.203 e. The van der Waals surface area contributed by atoms with Crippen LogP contribution in [0.3, 0.4) is 0 Å². The highest BCUT2D eigenvalue weighted by Gasteiger charge is 2.15. The molecular weight excluding hydrogens is 290 g/mol. The Kier molecular flexibility index (Phi) is 6.85. The summed E-state index contributed by atoms with van der Waals surface area (Å²) < 4.78 is 16.5. The van der Waals surface area contributed by atoms with Gasteiger partial charge in [-0.15, -0.1) is 0 Å². The monoisotopic (exact) mass is 313 g/mol. The van der Waals surface area contributed by atoms with E-state index in [0.717, 1.165) is 12.1 Å². The second kappa shape index (κ2) is 8.15. The maximum Gasteiger partial charge on any atom is 0.203 e. The lowest BCUT2D eigenvalue weighted by molar-refractivity contribution is 0.300. The number of benzene rings is 1. The number of rotatable bonds is 7. The molecule has 0 saturated carbocycles. The topological polar surface area (TPSA) is 39.7 Å². The fourth-order valence-electron chi connectivity index (χ4n) is 1.71. The van der Waals surface area contributed by atoms with Gasteiger partial charge < -0.3 is 19.5 Å². The Labute approximate surface area is 132 Å². The fourth-order valence-corrected chi connectivity index (χ4v) is 1.79. The summed E-state index contributed by atoms with van der Waals surface area (Å²) in [4.78, 5) is 0. The van der Waals surface area contributed by atoms with Gasteiger partial charge in [-0.3, -0.25) is 0 Å². The molecule has 1 rings (SSSR count). The fraction of sp³-hybridized carbons (Fsp3) is 0.500. The average Bonchev–Trinajstić information content (AvgIpc) is 2.44. The Morgan fingerprint density at radius 3 is 2.14 bits per heavy atom. The van der Waals surface area contributed by atoms with Crippen molar-refractivity contribution < 1.29 is 14.2 Å². The molecule has 0 aliphatic heterocycles. The molecule has 1 aromatic carbocycles. The van der Waals surface area contributed by atoms with E-state index in [2.05, 4.69) is 26.1 Å². The second-order valence-electron chi connectivity index (χ2n) is 5.61. The summed E-state index contributed by atoms with van der Waals surface area (Å²) in [5.74, 6) is 1.86. The van der Waals surface area contributed by atoms with Crippen molar-refractivity contribution in [2.45, 2.75) is 32.9 Å². The predicted octanol–water partition coefficient (Wildman–Crippen LogP) is 3.72. The molecular formula is C16H24ClNO3. The van der Waals surface area contributed by atoms with Gasteiger partial charge in [-0.1, -0.05) is 11.6 Å². The highest BCUT2D eigenvalue weighted by molar-refractivity contribution is 6.25. The molecule has 0 amide bonds. The first-order valence-electron chi connectivity index (χ1n) is 6.79. The third-order valence-electron chi connectivity index (χ3n) is 2.76. The summed E-state index contributed by atoms with van der Waals surface area (Å²) in [5, 5.41) is 3.43. The van der Waals surface area contributed by atoms with Crippen molar-refractivity contribution >= 4 is 11.6 Å². The van der Waals surface area contributed by atoms with Crippen LogP contribution in [0.25, 0.3) is 0 Å². The number of ether oxygens (including phenoxy) is 3. The number of hydrogen-bond donors (Lipinski definition) is 1. The molecule has 0 radical (unpaired) electrons. The van der Waals surface area contributed by atoms with E-state index in [1.807, 2.05) is 12.1 Å². The van der Waals surface area contributed by atoms with Crippen LogP contribution in [-0.2, 0) is 6.54 Å². The minimum Gasteiger partial charge on any atom is -0.493 e. The molecule has 118 valence electrons. The van der Waals surface area contributed by atoms with Crippen molar-refractivity contribution in [1.29, 1.82) is 0 Å². The summed E-state index contributed by atoms with van der Waals surface area (Å²) in [5.41, 5.74) is 2.53. The zero-order valence-electron chi connectivity index (χ0n) is 13.3. The van der Waals surface area contributed by atoms with Crippen LogP contribution in [0.2, 0.25) is 0 Å². The Balaban J connectivity index is 2.99. The van der Waals surface area contributed by atoms with Crippen molar-refractivity contribution in [1.82, 2.24) is 5.32 Å². The second-order valence-corrected chi connectivity index (χ2v) is 5.86. The molecule has 0 heterocycles. The lowest BCUT2D eigenvalue weighted by Crippen LogP contribution is -2.35. The zero-order chi connectivity index (χ0) is 15.9. The molecule has 0 atom stereocenters. The number of hydrogen-bond acceptors (Lipinski definition) is 4. The van der Waals surface area contributed by atoms with Crippen LogP contribution >= 0.6 is 11.6 Å². The molecule has 21 heavy (non-hydrogen) atoms. The minimum atomic E-state index is 0.0424. The summed E-state index contributed by atoms with van der Waals surface area (Å²) >= 11 is 5.49. The van der Waals surface area contributed by atoms with Gasteiger partial charge in [0.2, 0.25) is 5.75 Å². The molecule has 0 spiro atoms. The molecule has 0 bridgehead atoms. The van der Waals surface area contributed by atoms with Gasteiger partial charge >= 0.3 is 0 Å². The molecule has 0 saturated heterocycles. The van der Waals surface area contributed by atoms with Crippen LogP contribution in [0.5, 0.6) is 17.2 Å². The predicted molar refractivity (Wildman–Crippen MR) is 86.6 cm³/mol. The highest BCUT2D eigenvalue weighted by atomic mass is 35.5. The summed E-state index contributed by atoms with van der Waals surface area (Å²) in [6, 6.07) is 3.89. The first-order valence-corrected chi connectivity index (χ1v) is 7.23. The van der Waals surface area contributed by atoms with Crippen molar-refractivity contribution in [3.63, 3.8) is 0 Å². The quantitative estimate of drug-likeness (QED) is 0.832. The lowest BCUT2D eigenvalue weighted by Gasteiger charge is -2.21. The van der Waals surface area contributed by atoms with Crippen LogP contribution in [0.4, 0.5) is 0 Å². The van der Waals surface area contributed by atoms with E-state index in [-0.39, 0.29) is 5.54 Å². The largest absolute Gasteiger partial charge is 0.493 e. The molecule has 1 aromatic rings. The maximum atomic E-state index is 5.65. The van der Waals surface area contributed by atoms with Crippen LogP contribution in [0, 0.1) is 0 Å². The van der Waals surface area contributed by atoms with Crippen LogP contribution in [0.1, 0.15) is 26.3 Å².